The van der Waals surface area contributed by atoms with Crippen LogP contribution in [0.2, 0.25) is 0 Å². The summed E-state index contributed by atoms with van der Waals surface area (Å²) < 4.78 is 0.792. The fourth-order valence-electron chi connectivity index (χ4n) is 3.01. The molecule has 0 N–H and O–H groups in total. The topological polar surface area (TPSA) is 20.3 Å². The Hall–Kier alpha value is -1.36. The molecule has 0 saturated carbocycles. The van der Waals surface area contributed by atoms with Crippen molar-refractivity contribution in [3.63, 3.8) is 0 Å². The van der Waals surface area contributed by atoms with Crippen LogP contribution in [0, 0.1) is 0 Å². The van der Waals surface area contributed by atoms with E-state index in [0.29, 0.717) is 0 Å². The molecule has 1 unspecified atom stereocenters. The van der Waals surface area contributed by atoms with Crippen LogP contribution >= 0.6 is 22.6 Å². The zero-order valence-electron chi connectivity index (χ0n) is 11.3. The van der Waals surface area contributed by atoms with Crippen molar-refractivity contribution < 1.29 is 4.79 Å². The zero-order chi connectivity index (χ0) is 14.2. The maximum Gasteiger partial charge on any atom is 0.238 e. The van der Waals surface area contributed by atoms with Gasteiger partial charge in [0.05, 0.1) is 5.41 Å². The van der Waals surface area contributed by atoms with Crippen LogP contribution in [0.25, 0.3) is 0 Å². The summed E-state index contributed by atoms with van der Waals surface area (Å²) in [5.74, 6) is 0.206. The molecule has 0 aliphatic carbocycles. The molecule has 1 amide bonds. The van der Waals surface area contributed by atoms with Crippen molar-refractivity contribution in [3.05, 3.63) is 65.7 Å². The Labute approximate surface area is 132 Å². The van der Waals surface area contributed by atoms with Crippen molar-refractivity contribution in [1.29, 1.82) is 0 Å². The van der Waals surface area contributed by atoms with Gasteiger partial charge in [-0.3, -0.25) is 4.79 Å². The van der Waals surface area contributed by atoms with E-state index >= 15 is 0 Å². The van der Waals surface area contributed by atoms with Gasteiger partial charge >= 0.3 is 0 Å². The summed E-state index contributed by atoms with van der Waals surface area (Å²) in [6.07, 6.45) is 0.761. The second-order valence-corrected chi connectivity index (χ2v) is 6.02. The van der Waals surface area contributed by atoms with Gasteiger partial charge in [-0.25, -0.2) is 0 Å². The van der Waals surface area contributed by atoms with Gasteiger partial charge in [0.2, 0.25) is 5.91 Å². The van der Waals surface area contributed by atoms with E-state index in [-0.39, 0.29) is 5.91 Å². The third kappa shape index (κ3) is 1.95. The molecule has 2 nitrogen and oxygen atoms in total. The minimum Gasteiger partial charge on any atom is -0.314 e. The highest BCUT2D eigenvalue weighted by Gasteiger charge is 2.48. The maximum absolute atomic E-state index is 12.8. The van der Waals surface area contributed by atoms with Crippen molar-refractivity contribution >= 4 is 34.2 Å². The fourth-order valence-corrected chi connectivity index (χ4v) is 4.01. The summed E-state index contributed by atoms with van der Waals surface area (Å²) in [7, 11) is 1.88. The van der Waals surface area contributed by atoms with Gasteiger partial charge in [0.25, 0.3) is 0 Å². The number of anilines is 1. The van der Waals surface area contributed by atoms with E-state index in [2.05, 4.69) is 40.8 Å². The highest BCUT2D eigenvalue weighted by atomic mass is 127. The number of alkyl halides is 1. The van der Waals surface area contributed by atoms with Crippen LogP contribution in [0.5, 0.6) is 0 Å². The van der Waals surface area contributed by atoms with Crippen LogP contribution in [0.15, 0.2) is 54.6 Å². The molecule has 20 heavy (non-hydrogen) atoms. The molecule has 1 aliphatic heterocycles. The number of para-hydroxylation sites is 1. The van der Waals surface area contributed by atoms with Crippen molar-refractivity contribution in [3.8, 4) is 0 Å². The molecule has 2 aromatic carbocycles. The monoisotopic (exact) mass is 377 g/mol. The Morgan fingerprint density at radius 1 is 1.05 bits per heavy atom. The van der Waals surface area contributed by atoms with Gasteiger partial charge in [-0.15, -0.1) is 0 Å². The summed E-state index contributed by atoms with van der Waals surface area (Å²) >= 11 is 2.34. The second-order valence-electron chi connectivity index (χ2n) is 5.26. The normalized spacial score (nSPS) is 21.1. The van der Waals surface area contributed by atoms with E-state index in [1.54, 1.807) is 4.90 Å². The average molecular weight is 377 g/mol. The molecule has 0 spiro atoms. The number of carbonyl (C=O) groups is 1. The number of nitrogens with zero attached hydrogens (tertiary/aromatic N) is 1. The van der Waals surface area contributed by atoms with E-state index in [0.717, 1.165) is 22.1 Å². The number of fused-ring (bicyclic) bond motifs is 1. The maximum atomic E-state index is 12.8. The molecule has 1 heterocycles. The molecule has 1 atom stereocenters. The first-order chi connectivity index (χ1) is 9.69. The fraction of sp³-hybridized carbons (Fsp3) is 0.235. The first kappa shape index (κ1) is 13.6. The summed E-state index contributed by atoms with van der Waals surface area (Å²) in [4.78, 5) is 14.6. The quantitative estimate of drug-likeness (QED) is 0.592. The number of carbonyl (C=O) groups excluding carboxylic acids is 1. The SMILES string of the molecule is CN1C(=O)C(CI)(Cc2ccccc2)c2ccccc21. The molecule has 1 aliphatic rings. The van der Waals surface area contributed by atoms with Gasteiger partial charge in [0.15, 0.2) is 0 Å². The van der Waals surface area contributed by atoms with Crippen LogP contribution < -0.4 is 4.90 Å². The van der Waals surface area contributed by atoms with Gasteiger partial charge in [0, 0.05) is 17.2 Å². The Balaban J connectivity index is 2.11. The Morgan fingerprint density at radius 2 is 1.70 bits per heavy atom. The van der Waals surface area contributed by atoms with Crippen LogP contribution in [0.1, 0.15) is 11.1 Å². The summed E-state index contributed by atoms with van der Waals surface area (Å²) in [5.41, 5.74) is 2.99. The summed E-state index contributed by atoms with van der Waals surface area (Å²) in [6, 6.07) is 18.4. The first-order valence-corrected chi connectivity index (χ1v) is 8.19. The van der Waals surface area contributed by atoms with Crippen LogP contribution in [-0.4, -0.2) is 17.4 Å². The molecule has 0 saturated heterocycles. The van der Waals surface area contributed by atoms with Gasteiger partial charge in [-0.05, 0) is 23.6 Å². The average Bonchev–Trinajstić information content (AvgIpc) is 2.71. The van der Waals surface area contributed by atoms with Crippen molar-refractivity contribution in [2.24, 2.45) is 0 Å². The van der Waals surface area contributed by atoms with Gasteiger partial charge < -0.3 is 4.90 Å². The van der Waals surface area contributed by atoms with Crippen LogP contribution in [0.4, 0.5) is 5.69 Å². The third-order valence-electron chi connectivity index (χ3n) is 4.07. The molecular formula is C17H16INO. The largest absolute Gasteiger partial charge is 0.314 e. The van der Waals surface area contributed by atoms with Crippen LogP contribution in [0.3, 0.4) is 0 Å². The van der Waals surface area contributed by atoms with Gasteiger partial charge in [-0.1, -0.05) is 71.1 Å². The molecule has 0 fully saturated rings. The number of halogens is 1. The molecule has 3 rings (SSSR count). The Kier molecular flexibility index (Phi) is 3.54. The summed E-state index contributed by atoms with van der Waals surface area (Å²) in [6.45, 7) is 0. The predicted octanol–water partition coefficient (Wildman–Crippen LogP) is 3.58. The first-order valence-electron chi connectivity index (χ1n) is 6.66. The summed E-state index contributed by atoms with van der Waals surface area (Å²) in [5, 5.41) is 0. The lowest BCUT2D eigenvalue weighted by Gasteiger charge is -2.26. The van der Waals surface area contributed by atoms with E-state index in [1.807, 2.05) is 43.4 Å². The lowest BCUT2D eigenvalue weighted by Crippen LogP contribution is -2.41. The number of hydrogen-bond acceptors (Lipinski definition) is 1. The highest BCUT2D eigenvalue weighted by molar-refractivity contribution is 14.1. The number of hydrogen-bond donors (Lipinski definition) is 0. The molecular weight excluding hydrogens is 361 g/mol. The predicted molar refractivity (Wildman–Crippen MR) is 90.6 cm³/mol. The van der Waals surface area contributed by atoms with Crippen LogP contribution in [-0.2, 0) is 16.6 Å². The van der Waals surface area contributed by atoms with E-state index < -0.39 is 5.41 Å². The second kappa shape index (κ2) is 5.20. The van der Waals surface area contributed by atoms with E-state index in [9.17, 15) is 4.79 Å². The molecule has 3 heteroatoms. The number of rotatable bonds is 3. The van der Waals surface area contributed by atoms with Gasteiger partial charge in [0.1, 0.15) is 0 Å². The van der Waals surface area contributed by atoms with E-state index in [4.69, 9.17) is 0 Å². The molecule has 0 bridgehead atoms. The third-order valence-corrected chi connectivity index (χ3v) is 5.37. The molecule has 0 radical (unpaired) electrons. The van der Waals surface area contributed by atoms with Crippen molar-refractivity contribution in [2.45, 2.75) is 11.8 Å². The lowest BCUT2D eigenvalue weighted by atomic mass is 9.78. The zero-order valence-corrected chi connectivity index (χ0v) is 13.5. The molecule has 102 valence electrons. The number of benzene rings is 2. The minimum absolute atomic E-state index is 0.206. The van der Waals surface area contributed by atoms with Crippen molar-refractivity contribution in [2.75, 3.05) is 16.4 Å². The minimum atomic E-state index is -0.423. The van der Waals surface area contributed by atoms with Crippen molar-refractivity contribution in [1.82, 2.24) is 0 Å². The highest BCUT2D eigenvalue weighted by Crippen LogP contribution is 2.44. The Morgan fingerprint density at radius 3 is 2.40 bits per heavy atom. The Bertz CT molecular complexity index is 640. The smallest absolute Gasteiger partial charge is 0.238 e. The lowest BCUT2D eigenvalue weighted by molar-refractivity contribution is -0.122. The number of likely N-dealkylation sites (N-methyl/N-ethyl adjacent to an activating group) is 1. The van der Waals surface area contributed by atoms with Gasteiger partial charge in [-0.2, -0.15) is 0 Å². The molecule has 0 aromatic heterocycles. The standard InChI is InChI=1S/C17H16INO/c1-19-15-10-6-5-9-14(15)17(12-18,16(19)20)11-13-7-3-2-4-8-13/h2-10H,11-12H2,1H3. The number of amides is 1. The van der Waals surface area contributed by atoms with E-state index in [1.165, 1.54) is 5.56 Å². The molecule has 2 aromatic rings.